The monoisotopic (exact) mass is 333 g/mol. The van der Waals surface area contributed by atoms with Gasteiger partial charge in [0.1, 0.15) is 11.3 Å². The number of rotatable bonds is 3. The molecule has 1 aromatic carbocycles. The molecule has 0 saturated carbocycles. The zero-order valence-corrected chi connectivity index (χ0v) is 14.1. The summed E-state index contributed by atoms with van der Waals surface area (Å²) in [5.74, 6) is 0.295. The van der Waals surface area contributed by atoms with Crippen LogP contribution in [0.3, 0.4) is 0 Å². The van der Waals surface area contributed by atoms with E-state index < -0.39 is 0 Å². The van der Waals surface area contributed by atoms with Crippen molar-refractivity contribution < 1.29 is 9.32 Å². The molecule has 1 aromatic heterocycles. The summed E-state index contributed by atoms with van der Waals surface area (Å²) in [5, 5.41) is 7.40. The van der Waals surface area contributed by atoms with Gasteiger partial charge in [0.15, 0.2) is 0 Å². The average molecular weight is 334 g/mol. The third-order valence-electron chi connectivity index (χ3n) is 4.16. The van der Waals surface area contributed by atoms with Crippen LogP contribution in [0.1, 0.15) is 41.1 Å². The van der Waals surface area contributed by atoms with Gasteiger partial charge in [-0.1, -0.05) is 16.8 Å². The lowest BCUT2D eigenvalue weighted by molar-refractivity contribution is 0.102. The molecule has 1 saturated heterocycles. The van der Waals surface area contributed by atoms with Gasteiger partial charge in [-0.05, 0) is 51.3 Å². The molecule has 0 unspecified atom stereocenters. The van der Waals surface area contributed by atoms with E-state index in [0.29, 0.717) is 22.0 Å². The van der Waals surface area contributed by atoms with Crippen molar-refractivity contribution in [3.63, 3.8) is 0 Å². The van der Waals surface area contributed by atoms with Gasteiger partial charge in [0, 0.05) is 18.1 Å². The van der Waals surface area contributed by atoms with E-state index >= 15 is 0 Å². The minimum absolute atomic E-state index is 0.221. The van der Waals surface area contributed by atoms with Crippen molar-refractivity contribution >= 4 is 28.9 Å². The topological polar surface area (TPSA) is 58.4 Å². The van der Waals surface area contributed by atoms with Crippen LogP contribution >= 0.6 is 11.6 Å². The van der Waals surface area contributed by atoms with E-state index in [-0.39, 0.29) is 5.91 Å². The molecule has 1 amide bonds. The van der Waals surface area contributed by atoms with Gasteiger partial charge >= 0.3 is 0 Å². The van der Waals surface area contributed by atoms with Gasteiger partial charge in [-0.3, -0.25) is 4.79 Å². The summed E-state index contributed by atoms with van der Waals surface area (Å²) >= 11 is 6.13. The smallest absolute Gasteiger partial charge is 0.261 e. The summed E-state index contributed by atoms with van der Waals surface area (Å²) in [6.07, 6.45) is 3.59. The Hall–Kier alpha value is -2.01. The van der Waals surface area contributed by atoms with Crippen molar-refractivity contribution in [2.45, 2.75) is 33.1 Å². The Morgan fingerprint density at radius 3 is 2.65 bits per heavy atom. The summed E-state index contributed by atoms with van der Waals surface area (Å²) in [6, 6.07) is 5.62. The van der Waals surface area contributed by atoms with Crippen LogP contribution in [-0.2, 0) is 0 Å². The Labute approximate surface area is 140 Å². The quantitative estimate of drug-likeness (QED) is 0.915. The van der Waals surface area contributed by atoms with Crippen molar-refractivity contribution in [3.8, 4) is 0 Å². The molecule has 2 heterocycles. The molecule has 0 radical (unpaired) electrons. The highest BCUT2D eigenvalue weighted by Crippen LogP contribution is 2.32. The molecular weight excluding hydrogens is 314 g/mol. The molecule has 0 atom stereocenters. The van der Waals surface area contributed by atoms with E-state index in [1.807, 2.05) is 12.1 Å². The fraction of sp³-hybridized carbons (Fsp3) is 0.412. The highest BCUT2D eigenvalue weighted by Gasteiger charge is 2.21. The molecule has 1 aliphatic heterocycles. The number of nitrogens with one attached hydrogen (secondary N) is 1. The largest absolute Gasteiger partial charge is 0.370 e. The molecular formula is C17H20ClN3O2. The molecule has 3 rings (SSSR count). The molecule has 23 heavy (non-hydrogen) atoms. The molecule has 1 aliphatic rings. The van der Waals surface area contributed by atoms with E-state index in [9.17, 15) is 4.79 Å². The average Bonchev–Trinajstić information content (AvgIpc) is 2.87. The van der Waals surface area contributed by atoms with Crippen molar-refractivity contribution in [3.05, 3.63) is 40.2 Å². The molecule has 0 bridgehead atoms. The Morgan fingerprint density at radius 1 is 1.26 bits per heavy atom. The van der Waals surface area contributed by atoms with Crippen LogP contribution in [0.25, 0.3) is 0 Å². The Balaban J connectivity index is 1.89. The van der Waals surface area contributed by atoms with E-state index in [2.05, 4.69) is 15.4 Å². The van der Waals surface area contributed by atoms with Gasteiger partial charge < -0.3 is 14.7 Å². The Morgan fingerprint density at radius 2 is 2.00 bits per heavy atom. The highest BCUT2D eigenvalue weighted by molar-refractivity contribution is 6.31. The number of halogens is 1. The van der Waals surface area contributed by atoms with Crippen LogP contribution in [0.4, 0.5) is 11.4 Å². The lowest BCUT2D eigenvalue weighted by Gasteiger charge is -2.30. The third-order valence-corrected chi connectivity index (χ3v) is 4.40. The predicted octanol–water partition coefficient (Wildman–Crippen LogP) is 4.19. The van der Waals surface area contributed by atoms with Gasteiger partial charge in [-0.25, -0.2) is 0 Å². The number of hydrogen-bond donors (Lipinski definition) is 1. The van der Waals surface area contributed by atoms with Crippen LogP contribution in [-0.4, -0.2) is 24.2 Å². The fourth-order valence-corrected chi connectivity index (χ4v) is 3.18. The number of amides is 1. The molecule has 5 nitrogen and oxygen atoms in total. The zero-order valence-electron chi connectivity index (χ0n) is 13.4. The predicted molar refractivity (Wildman–Crippen MR) is 91.4 cm³/mol. The first kappa shape index (κ1) is 15.9. The Kier molecular flexibility index (Phi) is 4.57. The number of nitrogens with zero attached hydrogens (tertiary/aromatic N) is 2. The molecule has 1 N–H and O–H groups in total. The number of carbonyl (C=O) groups is 1. The second kappa shape index (κ2) is 6.62. The molecule has 1 fully saturated rings. The maximum absolute atomic E-state index is 12.6. The fourth-order valence-electron chi connectivity index (χ4n) is 3.01. The summed E-state index contributed by atoms with van der Waals surface area (Å²) < 4.78 is 5.08. The minimum Gasteiger partial charge on any atom is -0.370 e. The second-order valence-corrected chi connectivity index (χ2v) is 6.30. The number of benzene rings is 1. The number of piperidine rings is 1. The number of carbonyl (C=O) groups excluding carboxylic acids is 1. The van der Waals surface area contributed by atoms with E-state index in [1.165, 1.54) is 19.3 Å². The molecule has 2 aromatic rings. The summed E-state index contributed by atoms with van der Waals surface area (Å²) in [7, 11) is 0. The van der Waals surface area contributed by atoms with Gasteiger partial charge in [0.2, 0.25) is 0 Å². The first-order chi connectivity index (χ1) is 11.1. The maximum atomic E-state index is 12.6. The number of hydrogen-bond acceptors (Lipinski definition) is 4. The highest BCUT2D eigenvalue weighted by atomic mass is 35.5. The lowest BCUT2D eigenvalue weighted by atomic mass is 10.1. The van der Waals surface area contributed by atoms with E-state index in [0.717, 1.165) is 24.5 Å². The van der Waals surface area contributed by atoms with Crippen LogP contribution < -0.4 is 10.2 Å². The Bertz CT molecular complexity index is 701. The van der Waals surface area contributed by atoms with E-state index in [4.69, 9.17) is 16.1 Å². The van der Waals surface area contributed by atoms with Gasteiger partial charge in [-0.15, -0.1) is 0 Å². The molecule has 122 valence electrons. The van der Waals surface area contributed by atoms with Crippen LogP contribution in [0.15, 0.2) is 22.7 Å². The van der Waals surface area contributed by atoms with Crippen molar-refractivity contribution in [1.29, 1.82) is 0 Å². The summed E-state index contributed by atoms with van der Waals surface area (Å²) in [5.41, 5.74) is 2.80. The minimum atomic E-state index is -0.221. The van der Waals surface area contributed by atoms with Gasteiger partial charge in [0.05, 0.1) is 17.1 Å². The van der Waals surface area contributed by atoms with Crippen LogP contribution in [0.2, 0.25) is 5.02 Å². The van der Waals surface area contributed by atoms with Gasteiger partial charge in [0.25, 0.3) is 5.91 Å². The molecule has 6 heteroatoms. The molecule has 0 spiro atoms. The maximum Gasteiger partial charge on any atom is 0.261 e. The number of aromatic nitrogens is 1. The van der Waals surface area contributed by atoms with E-state index in [1.54, 1.807) is 19.9 Å². The van der Waals surface area contributed by atoms with Crippen LogP contribution in [0.5, 0.6) is 0 Å². The standard InChI is InChI=1S/C17H20ClN3O2/c1-11-16(12(2)23-20-11)17(22)19-14-10-13(18)6-7-15(14)21-8-4-3-5-9-21/h6-7,10H,3-5,8-9H2,1-2H3,(H,19,22). The SMILES string of the molecule is Cc1noc(C)c1C(=O)Nc1cc(Cl)ccc1N1CCCCC1. The normalized spacial score (nSPS) is 14.8. The summed E-state index contributed by atoms with van der Waals surface area (Å²) in [6.45, 7) is 5.49. The molecule has 0 aliphatic carbocycles. The second-order valence-electron chi connectivity index (χ2n) is 5.86. The van der Waals surface area contributed by atoms with Crippen molar-refractivity contribution in [2.24, 2.45) is 0 Å². The number of aryl methyl sites for hydroxylation is 2. The van der Waals surface area contributed by atoms with Crippen LogP contribution in [0, 0.1) is 13.8 Å². The number of anilines is 2. The van der Waals surface area contributed by atoms with Gasteiger partial charge in [-0.2, -0.15) is 0 Å². The zero-order chi connectivity index (χ0) is 16.4. The first-order valence-corrected chi connectivity index (χ1v) is 8.23. The lowest BCUT2D eigenvalue weighted by Crippen LogP contribution is -2.30. The van der Waals surface area contributed by atoms with Crippen molar-refractivity contribution in [1.82, 2.24) is 5.16 Å². The first-order valence-electron chi connectivity index (χ1n) is 7.85. The third kappa shape index (κ3) is 3.34. The summed E-state index contributed by atoms with van der Waals surface area (Å²) in [4.78, 5) is 14.9. The van der Waals surface area contributed by atoms with Crippen molar-refractivity contribution in [2.75, 3.05) is 23.3 Å².